The van der Waals surface area contributed by atoms with Crippen LogP contribution in [0.3, 0.4) is 0 Å². The van der Waals surface area contributed by atoms with Gasteiger partial charge in [0.15, 0.2) is 0 Å². The molecule has 0 N–H and O–H groups in total. The van der Waals surface area contributed by atoms with Crippen molar-refractivity contribution in [3.05, 3.63) is 17.9 Å². The van der Waals surface area contributed by atoms with Crippen LogP contribution in [-0.2, 0) is 6.16 Å². The summed E-state index contributed by atoms with van der Waals surface area (Å²) in [6.45, 7) is 2.28. The Morgan fingerprint density at radius 1 is 1.00 bits per heavy atom. The highest BCUT2D eigenvalue weighted by Gasteiger charge is 1.97. The fourth-order valence-electron chi connectivity index (χ4n) is 2.01. The molecule has 2 radical (unpaired) electrons. The van der Waals surface area contributed by atoms with Crippen molar-refractivity contribution >= 4 is 21.8 Å². The molecule has 0 saturated heterocycles. The molecule has 1 heterocycles. The standard InChI is InChI=1S/C14H24P2/c1-2-3-4-5-6-7-8-9-12-16-13-10-11-14(16)15/h10-11,13H,2-9,12H2,1H3. The number of hydrogen-bond acceptors (Lipinski definition) is 0. The zero-order chi connectivity index (χ0) is 11.6. The van der Waals surface area contributed by atoms with Gasteiger partial charge in [0.25, 0.3) is 0 Å². The fourth-order valence-corrected chi connectivity index (χ4v) is 4.26. The van der Waals surface area contributed by atoms with Crippen molar-refractivity contribution in [2.75, 3.05) is 0 Å². The molecule has 16 heavy (non-hydrogen) atoms. The molecule has 0 amide bonds. The second kappa shape index (κ2) is 9.26. The van der Waals surface area contributed by atoms with Crippen molar-refractivity contribution in [1.29, 1.82) is 0 Å². The van der Waals surface area contributed by atoms with Gasteiger partial charge in [0.2, 0.25) is 0 Å². The number of rotatable bonds is 9. The van der Waals surface area contributed by atoms with Gasteiger partial charge in [0.05, 0.1) is 0 Å². The molecule has 0 aliphatic rings. The molecule has 0 fully saturated rings. The lowest BCUT2D eigenvalue weighted by molar-refractivity contribution is 0.582. The monoisotopic (exact) mass is 254 g/mol. The predicted molar refractivity (Wildman–Crippen MR) is 78.3 cm³/mol. The van der Waals surface area contributed by atoms with Gasteiger partial charge in [-0.2, -0.15) is 0 Å². The first-order valence-electron chi connectivity index (χ1n) is 6.68. The van der Waals surface area contributed by atoms with Gasteiger partial charge in [0.1, 0.15) is 0 Å². The lowest BCUT2D eigenvalue weighted by Gasteiger charge is -2.02. The molecule has 0 bridgehead atoms. The maximum atomic E-state index is 4.50. The molecule has 1 rings (SSSR count). The molecule has 0 aliphatic heterocycles. The summed E-state index contributed by atoms with van der Waals surface area (Å²) in [6.07, 6.45) is 12.7. The van der Waals surface area contributed by atoms with E-state index in [0.29, 0.717) is 0 Å². The third-order valence-corrected chi connectivity index (χ3v) is 6.05. The molecular weight excluding hydrogens is 230 g/mol. The van der Waals surface area contributed by atoms with Crippen molar-refractivity contribution in [2.45, 2.75) is 64.5 Å². The van der Waals surface area contributed by atoms with Crippen molar-refractivity contribution in [1.82, 2.24) is 0 Å². The molecule has 1 aromatic rings. The van der Waals surface area contributed by atoms with Gasteiger partial charge in [-0.25, -0.2) is 0 Å². The number of aryl methyl sites for hydroxylation is 1. The average molecular weight is 254 g/mol. The van der Waals surface area contributed by atoms with E-state index in [2.05, 4.69) is 34.1 Å². The second-order valence-corrected chi connectivity index (χ2v) is 7.54. The Hall–Kier alpha value is 0.210. The first-order chi connectivity index (χ1) is 7.84. The molecule has 0 aromatic carbocycles. The van der Waals surface area contributed by atoms with E-state index in [0.717, 1.165) is 0 Å². The van der Waals surface area contributed by atoms with Gasteiger partial charge >= 0.3 is 0 Å². The van der Waals surface area contributed by atoms with E-state index in [1.165, 1.54) is 62.6 Å². The molecule has 1 unspecified atom stereocenters. The van der Waals surface area contributed by atoms with Crippen LogP contribution in [0.25, 0.3) is 0 Å². The Labute approximate surface area is 104 Å². The maximum absolute atomic E-state index is 4.50. The van der Waals surface area contributed by atoms with Crippen LogP contribution in [0.1, 0.15) is 58.3 Å². The first kappa shape index (κ1) is 14.3. The minimum absolute atomic E-state index is 0.00819. The van der Waals surface area contributed by atoms with E-state index in [1.807, 2.05) is 0 Å². The lowest BCUT2D eigenvalue weighted by Crippen LogP contribution is -1.84. The summed E-state index contributed by atoms with van der Waals surface area (Å²) in [7, 11) is 4.50. The Balaban J connectivity index is 1.91. The fraction of sp³-hybridized carbons (Fsp3) is 0.714. The van der Waals surface area contributed by atoms with Crippen LogP contribution in [0.15, 0.2) is 17.9 Å². The summed E-state index contributed by atoms with van der Waals surface area (Å²) in [5, 5.41) is 1.32. The van der Waals surface area contributed by atoms with Crippen LogP contribution in [0.5, 0.6) is 0 Å². The van der Waals surface area contributed by atoms with E-state index >= 15 is 0 Å². The topological polar surface area (TPSA) is 0 Å². The van der Waals surface area contributed by atoms with Crippen molar-refractivity contribution in [3.8, 4) is 0 Å². The predicted octanol–water partition coefficient (Wildman–Crippen LogP) is 5.85. The van der Waals surface area contributed by atoms with Crippen LogP contribution in [0.4, 0.5) is 0 Å². The van der Waals surface area contributed by atoms with E-state index in [1.54, 1.807) is 0 Å². The zero-order valence-corrected chi connectivity index (χ0v) is 12.3. The first-order valence-corrected chi connectivity index (χ1v) is 8.73. The van der Waals surface area contributed by atoms with Gasteiger partial charge < -0.3 is 0 Å². The smallest absolute Gasteiger partial charge is 0.00528 e. The SMILES string of the molecule is CCCCCCCCCCp1cccc1[P]. The van der Waals surface area contributed by atoms with E-state index in [-0.39, 0.29) is 7.53 Å². The number of hydrogen-bond donors (Lipinski definition) is 0. The average Bonchev–Trinajstić information content (AvgIpc) is 2.68. The van der Waals surface area contributed by atoms with Gasteiger partial charge in [0, 0.05) is 5.04 Å². The third kappa shape index (κ3) is 6.07. The lowest BCUT2D eigenvalue weighted by atomic mass is 10.1. The molecule has 2 heteroatoms. The molecule has 0 nitrogen and oxygen atoms in total. The Bertz CT molecular complexity index is 265. The largest absolute Gasteiger partial charge is 0.116 e. The van der Waals surface area contributed by atoms with Crippen LogP contribution in [0.2, 0.25) is 0 Å². The molecule has 1 aromatic heterocycles. The summed E-state index contributed by atoms with van der Waals surface area (Å²) in [5.74, 6) is 2.35. The third-order valence-electron chi connectivity index (χ3n) is 3.06. The normalized spacial score (nSPS) is 12.0. The Kier molecular flexibility index (Phi) is 8.26. The van der Waals surface area contributed by atoms with Crippen molar-refractivity contribution in [3.63, 3.8) is 0 Å². The molecule has 1 atom stereocenters. The van der Waals surface area contributed by atoms with Crippen LogP contribution in [-0.4, -0.2) is 0 Å². The van der Waals surface area contributed by atoms with Crippen LogP contribution < -0.4 is 5.04 Å². The van der Waals surface area contributed by atoms with Crippen LogP contribution in [0, 0.1) is 0 Å². The molecule has 90 valence electrons. The number of unbranched alkanes of at least 4 members (excludes halogenated alkanes) is 7. The van der Waals surface area contributed by atoms with E-state index < -0.39 is 0 Å². The minimum atomic E-state index is 0.00819. The Morgan fingerprint density at radius 3 is 2.19 bits per heavy atom. The maximum Gasteiger partial charge on any atom is 0.00528 e. The zero-order valence-electron chi connectivity index (χ0n) is 10.5. The van der Waals surface area contributed by atoms with Gasteiger partial charge in [-0.3, -0.25) is 0 Å². The molecule has 0 aliphatic carbocycles. The highest BCUT2D eigenvalue weighted by atomic mass is 31.1. The summed E-state index contributed by atoms with van der Waals surface area (Å²) in [5.41, 5.74) is 0. The van der Waals surface area contributed by atoms with Gasteiger partial charge in [-0.1, -0.05) is 57.9 Å². The second-order valence-electron chi connectivity index (χ2n) is 4.53. The highest BCUT2D eigenvalue weighted by Crippen LogP contribution is 2.29. The summed E-state index contributed by atoms with van der Waals surface area (Å²) in [4.78, 5) is 0. The van der Waals surface area contributed by atoms with Crippen molar-refractivity contribution in [2.24, 2.45) is 0 Å². The molecular formula is C14H24P2. The van der Waals surface area contributed by atoms with E-state index in [9.17, 15) is 0 Å². The molecule has 0 saturated carbocycles. The highest BCUT2D eigenvalue weighted by molar-refractivity contribution is 7.63. The van der Waals surface area contributed by atoms with Crippen LogP contribution >= 0.6 is 16.8 Å². The van der Waals surface area contributed by atoms with E-state index in [4.69, 9.17) is 0 Å². The van der Waals surface area contributed by atoms with Crippen molar-refractivity contribution < 1.29 is 0 Å². The molecule has 0 spiro atoms. The summed E-state index contributed by atoms with van der Waals surface area (Å²) >= 11 is 0. The quantitative estimate of drug-likeness (QED) is 0.383. The summed E-state index contributed by atoms with van der Waals surface area (Å²) in [6, 6.07) is 4.32. The minimum Gasteiger partial charge on any atom is -0.116 e. The van der Waals surface area contributed by atoms with Gasteiger partial charge in [-0.05, 0) is 33.7 Å². The van der Waals surface area contributed by atoms with Gasteiger partial charge in [-0.15, -0.1) is 7.53 Å². The Morgan fingerprint density at radius 2 is 1.62 bits per heavy atom. The summed E-state index contributed by atoms with van der Waals surface area (Å²) < 4.78 is 0.